The Morgan fingerprint density at radius 2 is 1.75 bits per heavy atom. The van der Waals surface area contributed by atoms with Crippen LogP contribution in [0.5, 0.6) is 0 Å². The van der Waals surface area contributed by atoms with Crippen molar-refractivity contribution in [2.75, 3.05) is 46.4 Å². The zero-order valence-corrected chi connectivity index (χ0v) is 20.2. The van der Waals surface area contributed by atoms with Gasteiger partial charge in [0.05, 0.1) is 30.5 Å². The summed E-state index contributed by atoms with van der Waals surface area (Å²) in [7, 11) is 1.87. The molecule has 1 aliphatic carbocycles. The van der Waals surface area contributed by atoms with E-state index in [0.29, 0.717) is 56.8 Å². The highest BCUT2D eigenvalue weighted by Crippen LogP contribution is 2.41. The molecule has 8 nitrogen and oxygen atoms in total. The number of amides is 2. The van der Waals surface area contributed by atoms with Crippen LogP contribution in [0.2, 0.25) is 0 Å². The van der Waals surface area contributed by atoms with Crippen LogP contribution >= 0.6 is 0 Å². The Bertz CT molecular complexity index is 1100. The van der Waals surface area contributed by atoms with Crippen molar-refractivity contribution in [3.8, 4) is 0 Å². The van der Waals surface area contributed by atoms with E-state index in [1.54, 1.807) is 15.9 Å². The second kappa shape index (κ2) is 9.85. The monoisotopic (exact) mass is 505 g/mol. The van der Waals surface area contributed by atoms with Crippen molar-refractivity contribution in [2.45, 2.75) is 31.6 Å². The maximum atomic E-state index is 13.4. The van der Waals surface area contributed by atoms with Gasteiger partial charge < -0.3 is 14.5 Å². The fraction of sp³-hybridized carbons (Fsp3) is 0.560. The van der Waals surface area contributed by atoms with Gasteiger partial charge in [0.2, 0.25) is 0 Å². The molecule has 11 heteroatoms. The lowest BCUT2D eigenvalue weighted by molar-refractivity contribution is -0.138. The fourth-order valence-corrected chi connectivity index (χ4v) is 5.75. The average Bonchev–Trinajstić information content (AvgIpc) is 3.59. The molecule has 2 aliphatic heterocycles. The van der Waals surface area contributed by atoms with Gasteiger partial charge in [0.1, 0.15) is 0 Å². The number of fused-ring (bicyclic) bond motifs is 1. The van der Waals surface area contributed by atoms with Crippen molar-refractivity contribution in [1.82, 2.24) is 24.5 Å². The van der Waals surface area contributed by atoms with Gasteiger partial charge in [-0.1, -0.05) is 18.2 Å². The molecular weight excluding hydrogens is 475 g/mol. The smallest absolute Gasteiger partial charge is 0.378 e. The summed E-state index contributed by atoms with van der Waals surface area (Å²) in [5, 5.41) is 4.14. The van der Waals surface area contributed by atoms with E-state index in [4.69, 9.17) is 4.74 Å². The number of likely N-dealkylation sites (tertiary alicyclic amines) is 1. The number of aromatic nitrogens is 2. The Labute approximate surface area is 207 Å². The van der Waals surface area contributed by atoms with Crippen molar-refractivity contribution < 1.29 is 27.5 Å². The van der Waals surface area contributed by atoms with Crippen LogP contribution in [-0.2, 0) is 17.5 Å². The Morgan fingerprint density at radius 1 is 1.08 bits per heavy atom. The third kappa shape index (κ3) is 4.99. The molecule has 0 unspecified atom stereocenters. The van der Waals surface area contributed by atoms with Crippen molar-refractivity contribution in [2.24, 2.45) is 11.8 Å². The molecule has 0 N–H and O–H groups in total. The van der Waals surface area contributed by atoms with Gasteiger partial charge >= 0.3 is 12.2 Å². The van der Waals surface area contributed by atoms with E-state index in [-0.39, 0.29) is 30.1 Å². The third-order valence-corrected chi connectivity index (χ3v) is 7.69. The van der Waals surface area contributed by atoms with Crippen LogP contribution in [0.1, 0.15) is 34.3 Å². The second-order valence-corrected chi connectivity index (χ2v) is 9.98. The summed E-state index contributed by atoms with van der Waals surface area (Å²) in [4.78, 5) is 31.2. The van der Waals surface area contributed by atoms with Gasteiger partial charge in [-0.2, -0.15) is 23.0 Å². The molecule has 5 rings (SSSR count). The standard InChI is InChI=1S/C25H30F3N5O3/c1-30(13-17-4-2-3-5-22(17)25(26,27)28)21-10-18-14-32(15-19(18)11-21)24(35)33-16-20(12-29-33)23(34)31-6-8-36-9-7-31/h2-5,12,16,18-19,21H,6-11,13-15H2,1H3/t18-,19+,21-. The Hall–Kier alpha value is -2.92. The first-order chi connectivity index (χ1) is 17.2. The van der Waals surface area contributed by atoms with Crippen molar-refractivity contribution in [1.29, 1.82) is 0 Å². The number of carbonyl (C=O) groups excluding carboxylic acids is 2. The van der Waals surface area contributed by atoms with E-state index in [9.17, 15) is 22.8 Å². The largest absolute Gasteiger partial charge is 0.416 e. The van der Waals surface area contributed by atoms with Crippen LogP contribution < -0.4 is 0 Å². The highest BCUT2D eigenvalue weighted by molar-refractivity contribution is 5.94. The molecule has 0 bridgehead atoms. The lowest BCUT2D eigenvalue weighted by Gasteiger charge is -2.27. The first kappa shape index (κ1) is 24.8. The normalized spacial score (nSPS) is 24.4. The summed E-state index contributed by atoms with van der Waals surface area (Å²) in [5.41, 5.74) is 0.0745. The summed E-state index contributed by atoms with van der Waals surface area (Å²) in [5.74, 6) is 0.433. The summed E-state index contributed by atoms with van der Waals surface area (Å²) in [6, 6.07) is 5.64. The second-order valence-electron chi connectivity index (χ2n) is 9.98. The average molecular weight is 506 g/mol. The number of hydrogen-bond acceptors (Lipinski definition) is 5. The highest BCUT2D eigenvalue weighted by atomic mass is 19.4. The SMILES string of the molecule is CN(Cc1ccccc1C(F)(F)F)[C@@H]1C[C@@H]2CN(C(=O)n3cc(C(=O)N4CCOCC4)cn3)C[C@@H]2C1. The molecule has 2 saturated heterocycles. The van der Waals surface area contributed by atoms with Crippen molar-refractivity contribution in [3.05, 3.63) is 53.3 Å². The van der Waals surface area contributed by atoms with Gasteiger partial charge in [-0.05, 0) is 43.4 Å². The molecule has 1 saturated carbocycles. The lowest BCUT2D eigenvalue weighted by atomic mass is 10.0. The van der Waals surface area contributed by atoms with Crippen LogP contribution in [0.25, 0.3) is 0 Å². The summed E-state index contributed by atoms with van der Waals surface area (Å²) in [6.07, 6.45) is 0.209. The molecule has 3 aliphatic rings. The van der Waals surface area contributed by atoms with E-state index in [2.05, 4.69) is 5.10 Å². The summed E-state index contributed by atoms with van der Waals surface area (Å²) < 4.78 is 46.6. The van der Waals surface area contributed by atoms with Gasteiger partial charge in [0, 0.05) is 45.0 Å². The van der Waals surface area contributed by atoms with Gasteiger partial charge in [-0.3, -0.25) is 9.69 Å². The molecular formula is C25H30F3N5O3. The van der Waals surface area contributed by atoms with Gasteiger partial charge in [-0.15, -0.1) is 0 Å². The highest BCUT2D eigenvalue weighted by Gasteiger charge is 2.44. The maximum absolute atomic E-state index is 13.4. The molecule has 1 aromatic heterocycles. The zero-order valence-electron chi connectivity index (χ0n) is 20.2. The summed E-state index contributed by atoms with van der Waals surface area (Å²) >= 11 is 0. The third-order valence-electron chi connectivity index (χ3n) is 7.69. The van der Waals surface area contributed by atoms with E-state index in [0.717, 1.165) is 18.9 Å². The summed E-state index contributed by atoms with van der Waals surface area (Å²) in [6.45, 7) is 3.44. The molecule has 194 valence electrons. The molecule has 1 aromatic carbocycles. The van der Waals surface area contributed by atoms with E-state index in [1.165, 1.54) is 29.2 Å². The minimum Gasteiger partial charge on any atom is -0.378 e. The molecule has 2 amide bonds. The number of hydrogen-bond donors (Lipinski definition) is 0. The van der Waals surface area contributed by atoms with Gasteiger partial charge in [-0.25, -0.2) is 4.79 Å². The van der Waals surface area contributed by atoms with Crippen LogP contribution in [-0.4, -0.2) is 88.9 Å². The number of halogens is 3. The number of nitrogens with zero attached hydrogens (tertiary/aromatic N) is 5. The topological polar surface area (TPSA) is 70.9 Å². The molecule has 3 fully saturated rings. The first-order valence-electron chi connectivity index (χ1n) is 12.3. The Kier molecular flexibility index (Phi) is 6.78. The zero-order chi connectivity index (χ0) is 25.4. The van der Waals surface area contributed by atoms with Crippen LogP contribution in [0.15, 0.2) is 36.7 Å². The van der Waals surface area contributed by atoms with Crippen LogP contribution in [0.3, 0.4) is 0 Å². The predicted octanol–water partition coefficient (Wildman–Crippen LogP) is 3.18. The number of rotatable bonds is 4. The number of carbonyl (C=O) groups is 2. The number of ether oxygens (including phenoxy) is 1. The van der Waals surface area contributed by atoms with Crippen molar-refractivity contribution in [3.63, 3.8) is 0 Å². The quantitative estimate of drug-likeness (QED) is 0.639. The molecule has 3 atom stereocenters. The Balaban J connectivity index is 1.16. The molecule has 3 heterocycles. The number of alkyl halides is 3. The van der Waals surface area contributed by atoms with Crippen LogP contribution in [0, 0.1) is 11.8 Å². The van der Waals surface area contributed by atoms with Gasteiger partial charge in [0.15, 0.2) is 0 Å². The van der Waals surface area contributed by atoms with Crippen LogP contribution in [0.4, 0.5) is 18.0 Å². The molecule has 0 radical (unpaired) electrons. The Morgan fingerprint density at radius 3 is 2.42 bits per heavy atom. The maximum Gasteiger partial charge on any atom is 0.416 e. The van der Waals surface area contributed by atoms with Crippen molar-refractivity contribution >= 4 is 11.9 Å². The number of benzene rings is 1. The molecule has 2 aromatic rings. The first-order valence-corrected chi connectivity index (χ1v) is 12.3. The minimum atomic E-state index is -4.37. The van der Waals surface area contributed by atoms with E-state index < -0.39 is 11.7 Å². The number of morpholine rings is 1. The fourth-order valence-electron chi connectivity index (χ4n) is 5.75. The molecule has 0 spiro atoms. The van der Waals surface area contributed by atoms with Gasteiger partial charge in [0.25, 0.3) is 5.91 Å². The van der Waals surface area contributed by atoms with E-state index in [1.807, 2.05) is 11.9 Å². The predicted molar refractivity (Wildman–Crippen MR) is 124 cm³/mol. The van der Waals surface area contributed by atoms with E-state index >= 15 is 0 Å². The lowest BCUT2D eigenvalue weighted by Crippen LogP contribution is -2.40. The molecule has 36 heavy (non-hydrogen) atoms. The minimum absolute atomic E-state index is 0.159.